The molecule has 18 heavy (non-hydrogen) atoms. The number of amides is 1. The van der Waals surface area contributed by atoms with E-state index in [4.69, 9.17) is 4.74 Å². The summed E-state index contributed by atoms with van der Waals surface area (Å²) in [5, 5.41) is 10.6. The minimum atomic E-state index is -0.0558. The Morgan fingerprint density at radius 1 is 1.33 bits per heavy atom. The number of rotatable bonds is 1. The Kier molecular flexibility index (Phi) is 2.81. The van der Waals surface area contributed by atoms with Crippen LogP contribution in [0, 0.1) is 0 Å². The van der Waals surface area contributed by atoms with Crippen LogP contribution in [0.1, 0.15) is 22.0 Å². The number of morpholine rings is 1. The van der Waals surface area contributed by atoms with Gasteiger partial charge in [-0.2, -0.15) is 5.06 Å². The van der Waals surface area contributed by atoms with Crippen LogP contribution in [0.3, 0.4) is 0 Å². The van der Waals surface area contributed by atoms with E-state index in [0.29, 0.717) is 45.2 Å². The minimum Gasteiger partial charge on any atom is -0.378 e. The molecule has 0 bridgehead atoms. The Hall–Kier alpha value is -1.44. The molecule has 1 aromatic rings. The van der Waals surface area contributed by atoms with Gasteiger partial charge in [0, 0.05) is 20.1 Å². The van der Waals surface area contributed by atoms with Crippen molar-refractivity contribution in [3.8, 4) is 0 Å². The lowest BCUT2D eigenvalue weighted by molar-refractivity contribution is -0.0985. The molecule has 1 amide bonds. The van der Waals surface area contributed by atoms with Crippen LogP contribution in [-0.4, -0.2) is 56.9 Å². The van der Waals surface area contributed by atoms with Crippen molar-refractivity contribution in [1.29, 1.82) is 0 Å². The van der Waals surface area contributed by atoms with Crippen molar-refractivity contribution in [2.45, 2.75) is 13.1 Å². The number of hydrogen-bond donors (Lipinski definition) is 1. The summed E-state index contributed by atoms with van der Waals surface area (Å²) in [5.41, 5.74) is 1.70. The van der Waals surface area contributed by atoms with Gasteiger partial charge < -0.3 is 19.4 Å². The summed E-state index contributed by atoms with van der Waals surface area (Å²) in [5.74, 6) is 0.398. The Balaban J connectivity index is 1.85. The Bertz CT molecular complexity index is 479. The number of carbonyl (C=O) groups is 1. The van der Waals surface area contributed by atoms with Gasteiger partial charge in [0.05, 0.1) is 37.7 Å². The van der Waals surface area contributed by atoms with Crippen molar-refractivity contribution >= 4 is 5.91 Å². The lowest BCUT2D eigenvalue weighted by atomic mass is 10.4. The van der Waals surface area contributed by atoms with Gasteiger partial charge in [-0.25, -0.2) is 4.98 Å². The van der Waals surface area contributed by atoms with Crippen molar-refractivity contribution in [2.75, 3.05) is 26.3 Å². The van der Waals surface area contributed by atoms with Crippen LogP contribution in [0.4, 0.5) is 0 Å². The van der Waals surface area contributed by atoms with Crippen LogP contribution in [-0.2, 0) is 24.9 Å². The van der Waals surface area contributed by atoms with E-state index in [2.05, 4.69) is 4.98 Å². The summed E-state index contributed by atoms with van der Waals surface area (Å²) in [4.78, 5) is 18.4. The fourth-order valence-corrected chi connectivity index (χ4v) is 2.41. The molecule has 2 aliphatic rings. The standard InChI is InChI=1S/C11H16N4O3/c1-13-9-7-15(17)6-8(9)12-10(13)11(16)14-2-4-18-5-3-14/h17H,2-7H2,1H3. The fourth-order valence-electron chi connectivity index (χ4n) is 2.41. The molecule has 0 aromatic carbocycles. The summed E-state index contributed by atoms with van der Waals surface area (Å²) in [7, 11) is 1.82. The molecular formula is C11H16N4O3. The van der Waals surface area contributed by atoms with E-state index in [9.17, 15) is 10.0 Å². The highest BCUT2D eigenvalue weighted by molar-refractivity contribution is 5.91. The molecule has 98 valence electrons. The molecular weight excluding hydrogens is 236 g/mol. The van der Waals surface area contributed by atoms with Crippen LogP contribution in [0.2, 0.25) is 0 Å². The maximum atomic E-state index is 12.3. The van der Waals surface area contributed by atoms with Crippen molar-refractivity contribution < 1.29 is 14.7 Å². The molecule has 7 nitrogen and oxygen atoms in total. The SMILES string of the molecule is Cn1c(C(=O)N2CCOCC2)nc2c1CN(O)C2. The van der Waals surface area contributed by atoms with Gasteiger partial charge >= 0.3 is 0 Å². The summed E-state index contributed by atoms with van der Waals surface area (Å²) < 4.78 is 7.01. The van der Waals surface area contributed by atoms with E-state index < -0.39 is 0 Å². The van der Waals surface area contributed by atoms with Gasteiger partial charge in [-0.3, -0.25) is 4.79 Å². The molecule has 2 aliphatic heterocycles. The van der Waals surface area contributed by atoms with Gasteiger partial charge in [-0.15, -0.1) is 0 Å². The Labute approximate surface area is 105 Å². The van der Waals surface area contributed by atoms with Crippen LogP contribution >= 0.6 is 0 Å². The molecule has 0 radical (unpaired) electrons. The van der Waals surface area contributed by atoms with Crippen molar-refractivity contribution in [1.82, 2.24) is 19.5 Å². The third-order valence-corrected chi connectivity index (χ3v) is 3.45. The molecule has 0 aliphatic carbocycles. The Morgan fingerprint density at radius 3 is 2.72 bits per heavy atom. The average molecular weight is 252 g/mol. The largest absolute Gasteiger partial charge is 0.378 e. The molecule has 1 saturated heterocycles. The number of imidazole rings is 1. The second-order valence-corrected chi connectivity index (χ2v) is 4.62. The molecule has 0 atom stereocenters. The highest BCUT2D eigenvalue weighted by Gasteiger charge is 2.29. The smallest absolute Gasteiger partial charge is 0.290 e. The molecule has 0 spiro atoms. The fraction of sp³-hybridized carbons (Fsp3) is 0.636. The van der Waals surface area contributed by atoms with Gasteiger partial charge in [-0.05, 0) is 0 Å². The number of nitrogens with zero attached hydrogens (tertiary/aromatic N) is 4. The topological polar surface area (TPSA) is 70.8 Å². The van der Waals surface area contributed by atoms with Crippen LogP contribution in [0.5, 0.6) is 0 Å². The number of fused-ring (bicyclic) bond motifs is 1. The first-order valence-electron chi connectivity index (χ1n) is 6.02. The number of aromatic nitrogens is 2. The van der Waals surface area contributed by atoms with Crippen LogP contribution in [0.25, 0.3) is 0 Å². The summed E-state index contributed by atoms with van der Waals surface area (Å²) >= 11 is 0. The quantitative estimate of drug-likeness (QED) is 0.736. The first kappa shape index (κ1) is 11.6. The zero-order chi connectivity index (χ0) is 12.7. The first-order valence-corrected chi connectivity index (χ1v) is 6.02. The lowest BCUT2D eigenvalue weighted by Gasteiger charge is -2.26. The maximum Gasteiger partial charge on any atom is 0.290 e. The van der Waals surface area contributed by atoms with Gasteiger partial charge in [0.2, 0.25) is 0 Å². The van der Waals surface area contributed by atoms with E-state index in [-0.39, 0.29) is 5.91 Å². The zero-order valence-corrected chi connectivity index (χ0v) is 10.3. The maximum absolute atomic E-state index is 12.3. The van der Waals surface area contributed by atoms with Gasteiger partial charge in [0.1, 0.15) is 0 Å². The van der Waals surface area contributed by atoms with Gasteiger partial charge in [0.25, 0.3) is 5.91 Å². The molecule has 1 N–H and O–H groups in total. The molecule has 0 unspecified atom stereocenters. The van der Waals surface area contributed by atoms with Crippen molar-refractivity contribution in [2.24, 2.45) is 7.05 Å². The lowest BCUT2D eigenvalue weighted by Crippen LogP contribution is -2.41. The molecule has 1 fully saturated rings. The molecule has 3 heterocycles. The number of carbonyl (C=O) groups excluding carboxylic acids is 1. The highest BCUT2D eigenvalue weighted by atomic mass is 16.5. The number of hydrogen-bond acceptors (Lipinski definition) is 5. The number of ether oxygens (including phenoxy) is 1. The van der Waals surface area contributed by atoms with Crippen molar-refractivity contribution in [3.63, 3.8) is 0 Å². The molecule has 7 heteroatoms. The van der Waals surface area contributed by atoms with Gasteiger partial charge in [-0.1, -0.05) is 0 Å². The highest BCUT2D eigenvalue weighted by Crippen LogP contribution is 2.22. The van der Waals surface area contributed by atoms with Crippen LogP contribution in [0.15, 0.2) is 0 Å². The van der Waals surface area contributed by atoms with E-state index in [1.807, 2.05) is 7.05 Å². The van der Waals surface area contributed by atoms with Gasteiger partial charge in [0.15, 0.2) is 5.82 Å². The second kappa shape index (κ2) is 4.34. The first-order chi connectivity index (χ1) is 8.66. The average Bonchev–Trinajstić information content (AvgIpc) is 2.88. The molecule has 3 rings (SSSR count). The molecule has 1 aromatic heterocycles. The van der Waals surface area contributed by atoms with Crippen LogP contribution < -0.4 is 0 Å². The van der Waals surface area contributed by atoms with E-state index in [1.165, 1.54) is 5.06 Å². The normalized spacial score (nSPS) is 20.2. The van der Waals surface area contributed by atoms with E-state index >= 15 is 0 Å². The third-order valence-electron chi connectivity index (χ3n) is 3.45. The van der Waals surface area contributed by atoms with E-state index in [0.717, 1.165) is 11.4 Å². The van der Waals surface area contributed by atoms with E-state index in [1.54, 1.807) is 9.47 Å². The predicted octanol–water partition coefficient (Wildman–Crippen LogP) is -0.403. The predicted molar refractivity (Wildman–Crippen MR) is 61.0 cm³/mol. The Morgan fingerprint density at radius 2 is 2.06 bits per heavy atom. The number of hydroxylamine groups is 2. The molecule has 0 saturated carbocycles. The second-order valence-electron chi connectivity index (χ2n) is 4.62. The third kappa shape index (κ3) is 1.80. The van der Waals surface area contributed by atoms with Crippen molar-refractivity contribution in [3.05, 3.63) is 17.2 Å². The summed E-state index contributed by atoms with van der Waals surface area (Å²) in [6.07, 6.45) is 0. The minimum absolute atomic E-state index is 0.0558. The monoisotopic (exact) mass is 252 g/mol. The zero-order valence-electron chi connectivity index (χ0n) is 10.3. The summed E-state index contributed by atoms with van der Waals surface area (Å²) in [6, 6.07) is 0. The summed E-state index contributed by atoms with van der Waals surface area (Å²) in [6.45, 7) is 3.21.